The van der Waals surface area contributed by atoms with E-state index in [1.54, 1.807) is 18.4 Å². The maximum Gasteiger partial charge on any atom is 0.226 e. The van der Waals surface area contributed by atoms with Crippen LogP contribution in [0.25, 0.3) is 11.5 Å². The zero-order valence-corrected chi connectivity index (χ0v) is 15.9. The topological polar surface area (TPSA) is 52.7 Å². The molecular weight excluding hydrogens is 338 g/mol. The minimum atomic E-state index is 0.243. The Bertz CT molecular complexity index is 910. The van der Waals surface area contributed by atoms with Crippen molar-refractivity contribution in [2.75, 3.05) is 31.1 Å². The quantitative estimate of drug-likeness (QED) is 0.760. The molecule has 1 aliphatic rings. The smallest absolute Gasteiger partial charge is 0.226 e. The number of hydrogen-bond acceptors (Lipinski definition) is 5. The lowest BCUT2D eigenvalue weighted by atomic mass is 10.1. The Kier molecular flexibility index (Phi) is 4.86. The Balaban J connectivity index is 1.35. The van der Waals surface area contributed by atoms with Gasteiger partial charge in [-0.15, -0.1) is 0 Å². The monoisotopic (exact) mass is 363 g/mol. The van der Waals surface area contributed by atoms with E-state index in [1.807, 2.05) is 12.1 Å². The number of piperazine rings is 1. The second-order valence-electron chi connectivity index (χ2n) is 7.22. The minimum Gasteiger partial charge on any atom is -0.508 e. The summed E-state index contributed by atoms with van der Waals surface area (Å²) in [4.78, 5) is 9.46. The number of aromatic hydroxyl groups is 1. The number of phenolic OH excluding ortho intramolecular Hbond substituents is 1. The molecule has 3 aromatic rings. The molecule has 5 heteroatoms. The van der Waals surface area contributed by atoms with Gasteiger partial charge in [0.2, 0.25) is 5.89 Å². The van der Waals surface area contributed by atoms with Gasteiger partial charge < -0.3 is 14.4 Å². The molecule has 5 nitrogen and oxygen atoms in total. The van der Waals surface area contributed by atoms with Crippen LogP contribution in [0.15, 0.2) is 53.1 Å². The third kappa shape index (κ3) is 3.98. The number of aryl methyl sites for hydroxylation is 2. The fourth-order valence-electron chi connectivity index (χ4n) is 3.43. The highest BCUT2D eigenvalue weighted by atomic mass is 16.3. The molecule has 1 aromatic heterocycles. The van der Waals surface area contributed by atoms with Gasteiger partial charge in [-0.25, -0.2) is 4.98 Å². The molecule has 1 fully saturated rings. The average Bonchev–Trinajstić information content (AvgIpc) is 3.14. The molecule has 140 valence electrons. The molecular formula is C22H25N3O2. The van der Waals surface area contributed by atoms with Crippen LogP contribution in [-0.2, 0) is 6.54 Å². The van der Waals surface area contributed by atoms with Crippen molar-refractivity contribution in [3.8, 4) is 17.2 Å². The van der Waals surface area contributed by atoms with Gasteiger partial charge in [-0.3, -0.25) is 4.90 Å². The number of phenols is 1. The van der Waals surface area contributed by atoms with Crippen molar-refractivity contribution in [3.63, 3.8) is 0 Å². The standard InChI is InChI=1S/C22H25N3O2/c1-16-3-6-20(13-17(16)2)25-11-9-24(10-12-25)14-19-15-27-22(23-19)18-4-7-21(26)8-5-18/h3-8,13,15,26H,9-12,14H2,1-2H3. The summed E-state index contributed by atoms with van der Waals surface area (Å²) in [6.45, 7) is 9.17. The highest BCUT2D eigenvalue weighted by Crippen LogP contribution is 2.23. The van der Waals surface area contributed by atoms with Gasteiger partial charge in [-0.2, -0.15) is 0 Å². The second kappa shape index (κ2) is 7.45. The summed E-state index contributed by atoms with van der Waals surface area (Å²) in [6, 6.07) is 13.6. The molecule has 2 aromatic carbocycles. The van der Waals surface area contributed by atoms with Crippen molar-refractivity contribution >= 4 is 5.69 Å². The summed E-state index contributed by atoms with van der Waals surface area (Å²) in [5.41, 5.74) is 5.82. The first-order chi connectivity index (χ1) is 13.1. The lowest BCUT2D eigenvalue weighted by Crippen LogP contribution is -2.46. The van der Waals surface area contributed by atoms with Gasteiger partial charge in [0, 0.05) is 44.0 Å². The fraction of sp³-hybridized carbons (Fsp3) is 0.318. The van der Waals surface area contributed by atoms with E-state index in [-0.39, 0.29) is 5.75 Å². The Morgan fingerprint density at radius 1 is 0.963 bits per heavy atom. The van der Waals surface area contributed by atoms with E-state index in [0.717, 1.165) is 44.0 Å². The molecule has 1 N–H and O–H groups in total. The van der Waals surface area contributed by atoms with Gasteiger partial charge in [0.1, 0.15) is 12.0 Å². The summed E-state index contributed by atoms with van der Waals surface area (Å²) < 4.78 is 5.62. The number of oxazole rings is 1. The van der Waals surface area contributed by atoms with E-state index in [9.17, 15) is 5.11 Å². The largest absolute Gasteiger partial charge is 0.508 e. The molecule has 0 unspecified atom stereocenters. The minimum absolute atomic E-state index is 0.243. The van der Waals surface area contributed by atoms with Crippen LogP contribution in [0.2, 0.25) is 0 Å². The van der Waals surface area contributed by atoms with Crippen molar-refractivity contribution in [3.05, 3.63) is 65.5 Å². The normalized spacial score (nSPS) is 15.3. The summed E-state index contributed by atoms with van der Waals surface area (Å²) in [6.07, 6.45) is 1.73. The zero-order valence-electron chi connectivity index (χ0n) is 15.9. The molecule has 0 atom stereocenters. The molecule has 0 aliphatic carbocycles. The fourth-order valence-corrected chi connectivity index (χ4v) is 3.43. The Hall–Kier alpha value is -2.79. The number of benzene rings is 2. The third-order valence-corrected chi connectivity index (χ3v) is 5.28. The summed E-state index contributed by atoms with van der Waals surface area (Å²) in [5.74, 6) is 0.839. The first-order valence-electron chi connectivity index (χ1n) is 9.37. The number of hydrogen-bond donors (Lipinski definition) is 1. The van der Waals surface area contributed by atoms with Gasteiger partial charge in [-0.05, 0) is 61.4 Å². The lowest BCUT2D eigenvalue weighted by Gasteiger charge is -2.36. The molecule has 0 bridgehead atoms. The summed E-state index contributed by atoms with van der Waals surface area (Å²) in [7, 11) is 0. The van der Waals surface area contributed by atoms with E-state index in [0.29, 0.717) is 5.89 Å². The van der Waals surface area contributed by atoms with E-state index < -0.39 is 0 Å². The molecule has 0 amide bonds. The number of nitrogens with zero attached hydrogens (tertiary/aromatic N) is 3. The highest BCUT2D eigenvalue weighted by Gasteiger charge is 2.19. The number of anilines is 1. The number of aromatic nitrogens is 1. The molecule has 27 heavy (non-hydrogen) atoms. The maximum atomic E-state index is 9.40. The Morgan fingerprint density at radius 2 is 1.70 bits per heavy atom. The Morgan fingerprint density at radius 3 is 2.41 bits per heavy atom. The van der Waals surface area contributed by atoms with E-state index in [2.05, 4.69) is 46.8 Å². The van der Waals surface area contributed by atoms with Crippen LogP contribution < -0.4 is 4.90 Å². The van der Waals surface area contributed by atoms with Crippen LogP contribution in [0.3, 0.4) is 0 Å². The summed E-state index contributed by atoms with van der Waals surface area (Å²) >= 11 is 0. The predicted molar refractivity (Wildman–Crippen MR) is 107 cm³/mol. The van der Waals surface area contributed by atoms with Crippen molar-refractivity contribution in [1.29, 1.82) is 0 Å². The second-order valence-corrected chi connectivity index (χ2v) is 7.22. The molecule has 2 heterocycles. The van der Waals surface area contributed by atoms with Crippen molar-refractivity contribution in [2.45, 2.75) is 20.4 Å². The zero-order chi connectivity index (χ0) is 18.8. The van der Waals surface area contributed by atoms with Gasteiger partial charge in [0.05, 0.1) is 5.69 Å². The van der Waals surface area contributed by atoms with Crippen molar-refractivity contribution in [2.24, 2.45) is 0 Å². The van der Waals surface area contributed by atoms with Crippen molar-refractivity contribution in [1.82, 2.24) is 9.88 Å². The van der Waals surface area contributed by atoms with Gasteiger partial charge in [0.15, 0.2) is 0 Å². The van der Waals surface area contributed by atoms with Gasteiger partial charge in [0.25, 0.3) is 0 Å². The average molecular weight is 363 g/mol. The molecule has 0 radical (unpaired) electrons. The van der Waals surface area contributed by atoms with E-state index >= 15 is 0 Å². The van der Waals surface area contributed by atoms with Crippen LogP contribution in [0.5, 0.6) is 5.75 Å². The molecule has 1 saturated heterocycles. The van der Waals surface area contributed by atoms with Gasteiger partial charge >= 0.3 is 0 Å². The Labute approximate surface area is 159 Å². The van der Waals surface area contributed by atoms with Crippen molar-refractivity contribution < 1.29 is 9.52 Å². The lowest BCUT2D eigenvalue weighted by molar-refractivity contribution is 0.247. The van der Waals surface area contributed by atoms with Gasteiger partial charge in [-0.1, -0.05) is 6.07 Å². The molecule has 0 spiro atoms. The molecule has 0 saturated carbocycles. The molecule has 1 aliphatic heterocycles. The van der Waals surface area contributed by atoms with Crippen LogP contribution in [0.1, 0.15) is 16.8 Å². The highest BCUT2D eigenvalue weighted by molar-refractivity contribution is 5.54. The first-order valence-corrected chi connectivity index (χ1v) is 9.37. The van der Waals surface area contributed by atoms with E-state index in [4.69, 9.17) is 4.42 Å². The molecule has 4 rings (SSSR count). The first kappa shape index (κ1) is 17.6. The number of rotatable bonds is 4. The van der Waals surface area contributed by atoms with Crippen LogP contribution in [-0.4, -0.2) is 41.2 Å². The SMILES string of the molecule is Cc1ccc(N2CCN(Cc3coc(-c4ccc(O)cc4)n3)CC2)cc1C. The maximum absolute atomic E-state index is 9.40. The van der Waals surface area contributed by atoms with E-state index in [1.165, 1.54) is 16.8 Å². The predicted octanol–water partition coefficient (Wildman–Crippen LogP) is 3.99. The van der Waals surface area contributed by atoms with Crippen LogP contribution in [0, 0.1) is 13.8 Å². The van der Waals surface area contributed by atoms with Crippen LogP contribution in [0.4, 0.5) is 5.69 Å². The summed E-state index contributed by atoms with van der Waals surface area (Å²) in [5, 5.41) is 9.40. The third-order valence-electron chi connectivity index (χ3n) is 5.28. The van der Waals surface area contributed by atoms with Crippen LogP contribution >= 0.6 is 0 Å².